The molecule has 0 unspecified atom stereocenters. The number of carbonyl (C=O) groups is 1. The second-order valence-corrected chi connectivity index (χ2v) is 5.20. The molecule has 3 aromatic rings. The smallest absolute Gasteiger partial charge is 0.329 e. The summed E-state index contributed by atoms with van der Waals surface area (Å²) in [6, 6.07) is 10.3. The molecule has 0 spiro atoms. The van der Waals surface area contributed by atoms with Crippen LogP contribution in [0.4, 0.5) is 0 Å². The summed E-state index contributed by atoms with van der Waals surface area (Å²) < 4.78 is 5.93. The summed E-state index contributed by atoms with van der Waals surface area (Å²) in [5.41, 5.74) is 0.223. The molecule has 0 aliphatic rings. The van der Waals surface area contributed by atoms with E-state index in [0.717, 1.165) is 10.1 Å². The Labute approximate surface area is 136 Å². The van der Waals surface area contributed by atoms with Crippen LogP contribution < -0.4 is 11.2 Å². The van der Waals surface area contributed by atoms with Gasteiger partial charge in [-0.1, -0.05) is 18.2 Å². The van der Waals surface area contributed by atoms with Crippen molar-refractivity contribution in [3.63, 3.8) is 0 Å². The van der Waals surface area contributed by atoms with Gasteiger partial charge in [-0.15, -0.1) is 0 Å². The molecule has 1 N–H and O–H groups in total. The summed E-state index contributed by atoms with van der Waals surface area (Å²) >= 11 is 0. The van der Waals surface area contributed by atoms with Gasteiger partial charge in [0.2, 0.25) is 0 Å². The predicted molar refractivity (Wildman–Crippen MR) is 87.7 cm³/mol. The van der Waals surface area contributed by atoms with Crippen molar-refractivity contribution in [3.05, 3.63) is 75.2 Å². The van der Waals surface area contributed by atoms with Crippen LogP contribution in [-0.2, 0) is 22.5 Å². The molecule has 0 fully saturated rings. The number of benzene rings is 1. The molecular formula is C17H15N3O4. The van der Waals surface area contributed by atoms with Gasteiger partial charge in [0.15, 0.2) is 0 Å². The Hall–Kier alpha value is -3.22. The Kier molecular flexibility index (Phi) is 4.51. The zero-order chi connectivity index (χ0) is 16.9. The third-order valence-corrected chi connectivity index (χ3v) is 3.55. The predicted octanol–water partition coefficient (Wildman–Crippen LogP) is 0.871. The molecule has 0 aliphatic heterocycles. The molecule has 2 heterocycles. The van der Waals surface area contributed by atoms with Gasteiger partial charge in [0.05, 0.1) is 17.5 Å². The number of nitrogens with zero attached hydrogens (tertiary/aromatic N) is 2. The second-order valence-electron chi connectivity index (χ2n) is 5.20. The third-order valence-electron chi connectivity index (χ3n) is 3.55. The summed E-state index contributed by atoms with van der Waals surface area (Å²) in [5.74, 6) is -0.637. The maximum Gasteiger partial charge on any atom is 0.329 e. The topological polar surface area (TPSA) is 94.1 Å². The number of pyridine rings is 1. The van der Waals surface area contributed by atoms with Crippen molar-refractivity contribution < 1.29 is 9.53 Å². The molecule has 0 radical (unpaired) electrons. The average molecular weight is 325 g/mol. The molecular weight excluding hydrogens is 310 g/mol. The number of aromatic amines is 1. The summed E-state index contributed by atoms with van der Waals surface area (Å²) in [6.45, 7) is -0.267. The van der Waals surface area contributed by atoms with Gasteiger partial charge in [0.25, 0.3) is 5.56 Å². The lowest BCUT2D eigenvalue weighted by Gasteiger charge is -2.07. The van der Waals surface area contributed by atoms with E-state index in [-0.39, 0.29) is 6.61 Å². The van der Waals surface area contributed by atoms with Crippen LogP contribution in [0.25, 0.3) is 10.9 Å². The molecule has 0 saturated carbocycles. The molecule has 1 aromatic carbocycles. The van der Waals surface area contributed by atoms with Gasteiger partial charge in [-0.2, -0.15) is 0 Å². The monoisotopic (exact) mass is 325 g/mol. The fourth-order valence-electron chi connectivity index (χ4n) is 2.35. The molecule has 7 nitrogen and oxygen atoms in total. The van der Waals surface area contributed by atoms with Crippen molar-refractivity contribution >= 4 is 16.9 Å². The van der Waals surface area contributed by atoms with Crippen molar-refractivity contribution in [1.29, 1.82) is 0 Å². The second kappa shape index (κ2) is 6.91. The quantitative estimate of drug-likeness (QED) is 0.703. The standard InChI is InChI=1S/C17H15N3O4/c21-15(24-9-7-12-4-3-8-18-10-12)11-20-16(22)13-5-1-2-6-14(13)19-17(20)23/h1-6,8,10H,7,9,11H2,(H,19,23). The number of H-pyrrole nitrogens is 1. The van der Waals surface area contributed by atoms with Crippen molar-refractivity contribution in [2.75, 3.05) is 6.61 Å². The van der Waals surface area contributed by atoms with Gasteiger partial charge >= 0.3 is 11.7 Å². The molecule has 7 heteroatoms. The molecule has 0 amide bonds. The van der Waals surface area contributed by atoms with Crippen LogP contribution in [0.5, 0.6) is 0 Å². The minimum Gasteiger partial charge on any atom is -0.464 e. The van der Waals surface area contributed by atoms with Crippen LogP contribution in [0.3, 0.4) is 0 Å². The number of para-hydroxylation sites is 1. The largest absolute Gasteiger partial charge is 0.464 e. The minimum absolute atomic E-state index is 0.158. The van der Waals surface area contributed by atoms with E-state index in [9.17, 15) is 14.4 Å². The number of nitrogens with one attached hydrogen (secondary N) is 1. The van der Waals surface area contributed by atoms with E-state index in [1.807, 2.05) is 6.07 Å². The van der Waals surface area contributed by atoms with E-state index >= 15 is 0 Å². The number of ether oxygens (including phenoxy) is 1. The van der Waals surface area contributed by atoms with Crippen LogP contribution >= 0.6 is 0 Å². The first-order chi connectivity index (χ1) is 11.6. The average Bonchev–Trinajstić information content (AvgIpc) is 2.59. The fourth-order valence-corrected chi connectivity index (χ4v) is 2.35. The number of carbonyl (C=O) groups excluding carboxylic acids is 1. The van der Waals surface area contributed by atoms with Gasteiger partial charge in [-0.05, 0) is 23.8 Å². The van der Waals surface area contributed by atoms with Crippen LogP contribution in [0.2, 0.25) is 0 Å². The molecule has 0 atom stereocenters. The lowest BCUT2D eigenvalue weighted by atomic mass is 10.2. The van der Waals surface area contributed by atoms with Gasteiger partial charge in [-0.3, -0.25) is 14.6 Å². The number of aromatic nitrogens is 3. The zero-order valence-corrected chi connectivity index (χ0v) is 12.8. The molecule has 122 valence electrons. The van der Waals surface area contributed by atoms with E-state index in [1.54, 1.807) is 42.7 Å². The van der Waals surface area contributed by atoms with E-state index in [2.05, 4.69) is 9.97 Å². The Morgan fingerprint density at radius 3 is 2.79 bits per heavy atom. The molecule has 2 aromatic heterocycles. The van der Waals surface area contributed by atoms with Crippen molar-refractivity contribution in [1.82, 2.24) is 14.5 Å². The molecule has 24 heavy (non-hydrogen) atoms. The fraction of sp³-hybridized carbons (Fsp3) is 0.176. The Morgan fingerprint density at radius 1 is 1.17 bits per heavy atom. The first-order valence-corrected chi connectivity index (χ1v) is 7.41. The first kappa shape index (κ1) is 15.7. The Balaban J connectivity index is 1.69. The summed E-state index contributed by atoms with van der Waals surface area (Å²) in [7, 11) is 0. The maximum atomic E-state index is 12.3. The summed E-state index contributed by atoms with van der Waals surface area (Å²) in [4.78, 5) is 42.7. The molecule has 0 bridgehead atoms. The normalized spacial score (nSPS) is 10.7. The highest BCUT2D eigenvalue weighted by Crippen LogP contribution is 2.03. The van der Waals surface area contributed by atoms with Gasteiger partial charge in [0, 0.05) is 18.8 Å². The van der Waals surface area contributed by atoms with E-state index in [1.165, 1.54) is 0 Å². The van der Waals surface area contributed by atoms with E-state index in [0.29, 0.717) is 17.3 Å². The third kappa shape index (κ3) is 3.40. The van der Waals surface area contributed by atoms with Crippen LogP contribution in [0.1, 0.15) is 5.56 Å². The van der Waals surface area contributed by atoms with Gasteiger partial charge in [-0.25, -0.2) is 9.36 Å². The van der Waals surface area contributed by atoms with Crippen LogP contribution in [0, 0.1) is 0 Å². The van der Waals surface area contributed by atoms with Crippen molar-refractivity contribution in [3.8, 4) is 0 Å². The van der Waals surface area contributed by atoms with Gasteiger partial charge in [0.1, 0.15) is 6.54 Å². The zero-order valence-electron chi connectivity index (χ0n) is 12.8. The summed E-state index contributed by atoms with van der Waals surface area (Å²) in [5, 5.41) is 0.347. The van der Waals surface area contributed by atoms with E-state index < -0.39 is 23.8 Å². The maximum absolute atomic E-state index is 12.3. The first-order valence-electron chi connectivity index (χ1n) is 7.41. The lowest BCUT2D eigenvalue weighted by Crippen LogP contribution is -2.37. The SMILES string of the molecule is O=C(Cn1c(=O)[nH]c2ccccc2c1=O)OCCc1cccnc1. The van der Waals surface area contributed by atoms with Crippen molar-refractivity contribution in [2.45, 2.75) is 13.0 Å². The minimum atomic E-state index is -0.637. The van der Waals surface area contributed by atoms with E-state index in [4.69, 9.17) is 4.74 Å². The summed E-state index contributed by atoms with van der Waals surface area (Å²) in [6.07, 6.45) is 3.86. The number of rotatable bonds is 5. The molecule has 0 saturated heterocycles. The van der Waals surface area contributed by atoms with Crippen LogP contribution in [-0.4, -0.2) is 27.1 Å². The highest BCUT2D eigenvalue weighted by atomic mass is 16.5. The lowest BCUT2D eigenvalue weighted by molar-refractivity contribution is -0.144. The Morgan fingerprint density at radius 2 is 2.00 bits per heavy atom. The number of hydrogen-bond donors (Lipinski definition) is 1. The number of esters is 1. The molecule has 3 rings (SSSR count). The highest BCUT2D eigenvalue weighted by molar-refractivity contribution is 5.77. The number of hydrogen-bond acceptors (Lipinski definition) is 5. The van der Waals surface area contributed by atoms with Crippen molar-refractivity contribution in [2.24, 2.45) is 0 Å². The molecule has 0 aliphatic carbocycles. The van der Waals surface area contributed by atoms with Gasteiger partial charge < -0.3 is 9.72 Å². The highest BCUT2D eigenvalue weighted by Gasteiger charge is 2.12. The Bertz CT molecular complexity index is 976. The van der Waals surface area contributed by atoms with Crippen LogP contribution in [0.15, 0.2) is 58.4 Å². The number of fused-ring (bicyclic) bond motifs is 1.